The second-order valence-electron chi connectivity index (χ2n) is 1.84. The van der Waals surface area contributed by atoms with Crippen molar-refractivity contribution in [3.63, 3.8) is 0 Å². The summed E-state index contributed by atoms with van der Waals surface area (Å²) in [5, 5.41) is 0. The van der Waals surface area contributed by atoms with Gasteiger partial charge in [-0.1, -0.05) is 0 Å². The van der Waals surface area contributed by atoms with Crippen LogP contribution < -0.4 is 5.73 Å². The number of anilines is 1. The molecule has 0 bridgehead atoms. The van der Waals surface area contributed by atoms with Crippen molar-refractivity contribution in [2.75, 3.05) is 5.73 Å². The molecule has 0 aliphatic heterocycles. The van der Waals surface area contributed by atoms with Crippen molar-refractivity contribution in [1.29, 1.82) is 0 Å². The predicted molar refractivity (Wildman–Crippen MR) is 29.8 cm³/mol. The van der Waals surface area contributed by atoms with Crippen molar-refractivity contribution in [2.24, 2.45) is 0 Å². The zero-order chi connectivity index (χ0) is 4.85. The number of benzene rings is 1. The van der Waals surface area contributed by atoms with Gasteiger partial charge in [-0.05, 0) is 29.3 Å². The van der Waals surface area contributed by atoms with Gasteiger partial charge in [-0.15, -0.1) is 0 Å². The third-order valence-electron chi connectivity index (χ3n) is 1.21. The van der Waals surface area contributed by atoms with Gasteiger partial charge in [-0.3, -0.25) is 0 Å². The molecule has 0 aromatic heterocycles. The normalized spacial score (nSPS) is 11.4. The van der Waals surface area contributed by atoms with Gasteiger partial charge in [0.1, 0.15) is 0 Å². The van der Waals surface area contributed by atoms with Crippen LogP contribution in [0.2, 0.25) is 0 Å². The van der Waals surface area contributed by atoms with Crippen molar-refractivity contribution in [3.05, 3.63) is 18.2 Å². The minimum absolute atomic E-state index is 0.896. The maximum atomic E-state index is 5.40. The number of nitrogen functional groups attached to an aromatic ring is 1. The van der Waals surface area contributed by atoms with Gasteiger partial charge in [0, 0.05) is 5.69 Å². The molecule has 2 N–H and O–H groups in total. The Balaban J connectivity index is 2.74. The van der Waals surface area contributed by atoms with E-state index in [4.69, 9.17) is 5.73 Å². The lowest BCUT2D eigenvalue weighted by atomic mass is 10.5. The minimum Gasteiger partial charge on any atom is -0.399 e. The first-order valence-electron chi connectivity index (χ1n) is 2.27. The minimum atomic E-state index is 0.896. The highest BCUT2D eigenvalue weighted by Crippen LogP contribution is 2.36. The molecule has 0 unspecified atom stereocenters. The van der Waals surface area contributed by atoms with Gasteiger partial charge in [0.15, 0.2) is 0 Å². The summed E-state index contributed by atoms with van der Waals surface area (Å²) in [6.45, 7) is 0. The summed E-state index contributed by atoms with van der Waals surface area (Å²) in [6.07, 6.45) is 0. The summed E-state index contributed by atoms with van der Waals surface area (Å²) in [4.78, 5) is 0. The Hall–Kier alpha value is -0.980. The lowest BCUT2D eigenvalue weighted by molar-refractivity contribution is 1.87. The molecule has 0 saturated heterocycles. The van der Waals surface area contributed by atoms with Crippen molar-refractivity contribution < 1.29 is 0 Å². The Labute approximate surface area is 41.8 Å². The smallest absolute Gasteiger partial charge is 0.0326 e. The second-order valence-corrected chi connectivity index (χ2v) is 1.84. The molecule has 34 valence electrons. The zero-order valence-corrected chi connectivity index (χ0v) is 3.81. The molecule has 0 aromatic carbocycles. The summed E-state index contributed by atoms with van der Waals surface area (Å²) >= 11 is 0. The lowest BCUT2D eigenvalue weighted by Crippen LogP contribution is -1.75. The van der Waals surface area contributed by atoms with Gasteiger partial charge in [0.05, 0.1) is 0 Å². The van der Waals surface area contributed by atoms with E-state index in [0.29, 0.717) is 0 Å². The second kappa shape index (κ2) is 0.668. The fourth-order valence-corrected chi connectivity index (χ4v) is 0.782. The summed E-state index contributed by atoms with van der Waals surface area (Å²) in [5.41, 5.74) is 8.93. The molecule has 2 aliphatic rings. The highest BCUT2D eigenvalue weighted by molar-refractivity contribution is 5.86. The van der Waals surface area contributed by atoms with Gasteiger partial charge in [0.25, 0.3) is 0 Å². The predicted octanol–water partition coefficient (Wildman–Crippen LogP) is 1.25. The fourth-order valence-electron chi connectivity index (χ4n) is 0.782. The summed E-state index contributed by atoms with van der Waals surface area (Å²) in [6, 6.07) is 6.07. The topological polar surface area (TPSA) is 26.0 Å². The molecule has 0 atom stereocenters. The Bertz CT molecular complexity index is 195. The van der Waals surface area contributed by atoms with Gasteiger partial charge in [-0.25, -0.2) is 0 Å². The van der Waals surface area contributed by atoms with Crippen LogP contribution in [0.15, 0.2) is 18.2 Å². The van der Waals surface area contributed by atoms with Crippen LogP contribution in [0, 0.1) is 0 Å². The van der Waals surface area contributed by atoms with Crippen LogP contribution in [0.3, 0.4) is 0 Å². The van der Waals surface area contributed by atoms with E-state index in [-0.39, 0.29) is 0 Å². The SMILES string of the molecule is Nc1cc2cc-2c1. The lowest BCUT2D eigenvalue weighted by Gasteiger charge is -1.72. The molecule has 1 heteroatoms. The van der Waals surface area contributed by atoms with E-state index in [2.05, 4.69) is 6.07 Å². The molecular formula is C6H5N. The Morgan fingerprint density at radius 2 is 1.57 bits per heavy atom. The zero-order valence-electron chi connectivity index (χ0n) is 3.81. The monoisotopic (exact) mass is 91.0 g/mol. The molecule has 0 heterocycles. The number of nitrogens with two attached hydrogens (primary N) is 1. The Kier molecular flexibility index (Phi) is 0.294. The summed E-state index contributed by atoms with van der Waals surface area (Å²) in [5.74, 6) is 0. The number of hydrogen-bond acceptors (Lipinski definition) is 1. The maximum absolute atomic E-state index is 5.40. The molecule has 0 fully saturated rings. The van der Waals surface area contributed by atoms with E-state index in [1.807, 2.05) is 12.1 Å². The maximum Gasteiger partial charge on any atom is 0.0326 e. The van der Waals surface area contributed by atoms with Gasteiger partial charge >= 0.3 is 0 Å². The van der Waals surface area contributed by atoms with Gasteiger partial charge in [0.2, 0.25) is 0 Å². The molecule has 0 amide bonds. The number of fused-ring (bicyclic) bond motifs is 1. The molecule has 2 aliphatic carbocycles. The summed E-state index contributed by atoms with van der Waals surface area (Å²) in [7, 11) is 0. The standard InChI is InChI=1S/C6H5N/c7-6-2-4-1-5(4)3-6/h1-3H,7H2. The van der Waals surface area contributed by atoms with Gasteiger partial charge in [-0.2, -0.15) is 0 Å². The van der Waals surface area contributed by atoms with Crippen LogP contribution in [0.25, 0.3) is 11.1 Å². The van der Waals surface area contributed by atoms with Crippen molar-refractivity contribution in [1.82, 2.24) is 0 Å². The molecule has 0 spiro atoms. The van der Waals surface area contributed by atoms with Crippen LogP contribution in [0.1, 0.15) is 0 Å². The average Bonchev–Trinajstić information content (AvgIpc) is 2.15. The Morgan fingerprint density at radius 1 is 1.00 bits per heavy atom. The highest BCUT2D eigenvalue weighted by atomic mass is 14.6. The first-order valence-corrected chi connectivity index (χ1v) is 2.27. The van der Waals surface area contributed by atoms with Crippen molar-refractivity contribution in [3.8, 4) is 11.1 Å². The van der Waals surface area contributed by atoms with E-state index in [1.54, 1.807) is 0 Å². The highest BCUT2D eigenvalue weighted by Gasteiger charge is 2.11. The van der Waals surface area contributed by atoms with Gasteiger partial charge < -0.3 is 5.73 Å². The average molecular weight is 91.1 g/mol. The van der Waals surface area contributed by atoms with Crippen molar-refractivity contribution >= 4 is 5.69 Å². The molecule has 0 radical (unpaired) electrons. The van der Waals surface area contributed by atoms with E-state index < -0.39 is 0 Å². The molecule has 2 rings (SSSR count). The van der Waals surface area contributed by atoms with E-state index in [1.165, 1.54) is 11.1 Å². The van der Waals surface area contributed by atoms with E-state index in [0.717, 1.165) is 5.69 Å². The number of hydrogen-bond donors (Lipinski definition) is 1. The molecular weight excluding hydrogens is 86.1 g/mol. The van der Waals surface area contributed by atoms with Crippen LogP contribution >= 0.6 is 0 Å². The van der Waals surface area contributed by atoms with Crippen LogP contribution in [-0.4, -0.2) is 0 Å². The fraction of sp³-hybridized carbons (Fsp3) is 0. The summed E-state index contributed by atoms with van der Waals surface area (Å²) < 4.78 is 0. The third-order valence-corrected chi connectivity index (χ3v) is 1.21. The van der Waals surface area contributed by atoms with E-state index in [9.17, 15) is 0 Å². The molecule has 0 saturated carbocycles. The largest absolute Gasteiger partial charge is 0.399 e. The number of rotatable bonds is 0. The molecule has 1 nitrogen and oxygen atoms in total. The van der Waals surface area contributed by atoms with Crippen LogP contribution in [-0.2, 0) is 0 Å². The van der Waals surface area contributed by atoms with Crippen molar-refractivity contribution in [2.45, 2.75) is 0 Å². The van der Waals surface area contributed by atoms with Crippen LogP contribution in [0.5, 0.6) is 0 Å². The first kappa shape index (κ1) is 3.08. The quantitative estimate of drug-likeness (QED) is 0.485. The van der Waals surface area contributed by atoms with E-state index >= 15 is 0 Å². The Morgan fingerprint density at radius 3 is 1.86 bits per heavy atom. The third kappa shape index (κ3) is 0.270. The first-order chi connectivity index (χ1) is 3.36. The van der Waals surface area contributed by atoms with Crippen LogP contribution in [0.4, 0.5) is 5.69 Å². The molecule has 7 heavy (non-hydrogen) atoms. The molecule has 0 aromatic rings.